The average molecular weight is 315 g/mol. The molecular formula is C14H16Cl2N2O2. The van der Waals surface area contributed by atoms with E-state index in [2.05, 4.69) is 0 Å². The first kappa shape index (κ1) is 15.1. The molecule has 0 unspecified atom stereocenters. The fraction of sp³-hybridized carbons (Fsp3) is 0.429. The molecule has 0 aliphatic carbocycles. The lowest BCUT2D eigenvalue weighted by molar-refractivity contribution is -0.134. The number of likely N-dealkylation sites (tertiary alicyclic amines) is 1. The van der Waals surface area contributed by atoms with Gasteiger partial charge in [-0.3, -0.25) is 9.59 Å². The van der Waals surface area contributed by atoms with Gasteiger partial charge in [-0.15, -0.1) is 0 Å². The smallest absolute Gasteiger partial charge is 0.226 e. The van der Waals surface area contributed by atoms with Gasteiger partial charge >= 0.3 is 0 Å². The van der Waals surface area contributed by atoms with E-state index in [0.29, 0.717) is 36.0 Å². The molecule has 6 heteroatoms. The SMILES string of the molecule is NC(=O)C1CCN(C(=O)Cc2ccc(Cl)c(Cl)c2)CC1. The second kappa shape index (κ2) is 6.46. The van der Waals surface area contributed by atoms with Crippen molar-refractivity contribution in [3.8, 4) is 0 Å². The summed E-state index contributed by atoms with van der Waals surface area (Å²) in [5, 5.41) is 0.926. The molecule has 2 N–H and O–H groups in total. The normalized spacial score (nSPS) is 16.2. The number of primary amides is 1. The van der Waals surface area contributed by atoms with Gasteiger partial charge in [0.2, 0.25) is 11.8 Å². The second-order valence-electron chi connectivity index (χ2n) is 4.98. The predicted octanol–water partition coefficient (Wildman–Crippen LogP) is 2.26. The van der Waals surface area contributed by atoms with Crippen LogP contribution in [0.5, 0.6) is 0 Å². The largest absolute Gasteiger partial charge is 0.369 e. The molecule has 1 aliphatic heterocycles. The lowest BCUT2D eigenvalue weighted by Gasteiger charge is -2.30. The Bertz CT molecular complexity index is 526. The summed E-state index contributed by atoms with van der Waals surface area (Å²) in [6.07, 6.45) is 1.57. The van der Waals surface area contributed by atoms with E-state index in [4.69, 9.17) is 28.9 Å². The van der Waals surface area contributed by atoms with Crippen LogP contribution in [0.15, 0.2) is 18.2 Å². The molecule has 2 amide bonds. The minimum Gasteiger partial charge on any atom is -0.369 e. The van der Waals surface area contributed by atoms with Crippen LogP contribution in [0, 0.1) is 5.92 Å². The molecule has 0 radical (unpaired) electrons. The lowest BCUT2D eigenvalue weighted by atomic mass is 9.96. The molecule has 0 saturated carbocycles. The van der Waals surface area contributed by atoms with E-state index in [0.717, 1.165) is 5.56 Å². The Morgan fingerprint density at radius 2 is 1.85 bits per heavy atom. The van der Waals surface area contributed by atoms with Gasteiger partial charge in [-0.1, -0.05) is 29.3 Å². The average Bonchev–Trinajstić information content (AvgIpc) is 2.43. The number of rotatable bonds is 3. The fourth-order valence-electron chi connectivity index (χ4n) is 2.35. The van der Waals surface area contributed by atoms with Crippen molar-refractivity contribution in [3.63, 3.8) is 0 Å². The molecule has 0 bridgehead atoms. The minimum absolute atomic E-state index is 0.0336. The molecule has 1 saturated heterocycles. The lowest BCUT2D eigenvalue weighted by Crippen LogP contribution is -2.42. The molecule has 108 valence electrons. The van der Waals surface area contributed by atoms with Crippen LogP contribution in [0.2, 0.25) is 10.0 Å². The van der Waals surface area contributed by atoms with Crippen molar-refractivity contribution < 1.29 is 9.59 Å². The summed E-state index contributed by atoms with van der Waals surface area (Å²) < 4.78 is 0. The number of amides is 2. The summed E-state index contributed by atoms with van der Waals surface area (Å²) in [5.41, 5.74) is 6.11. The van der Waals surface area contributed by atoms with Crippen molar-refractivity contribution in [2.45, 2.75) is 19.3 Å². The first-order chi connectivity index (χ1) is 9.47. The van der Waals surface area contributed by atoms with E-state index >= 15 is 0 Å². The van der Waals surface area contributed by atoms with Crippen molar-refractivity contribution in [3.05, 3.63) is 33.8 Å². The zero-order valence-corrected chi connectivity index (χ0v) is 12.5. The number of benzene rings is 1. The number of carbonyl (C=O) groups is 2. The summed E-state index contributed by atoms with van der Waals surface area (Å²) >= 11 is 11.8. The summed E-state index contributed by atoms with van der Waals surface area (Å²) in [6, 6.07) is 5.19. The monoisotopic (exact) mass is 314 g/mol. The Morgan fingerprint density at radius 1 is 1.20 bits per heavy atom. The van der Waals surface area contributed by atoms with Crippen molar-refractivity contribution >= 4 is 35.0 Å². The Labute approximate surface area is 127 Å². The molecule has 1 aliphatic rings. The van der Waals surface area contributed by atoms with E-state index < -0.39 is 0 Å². The van der Waals surface area contributed by atoms with Crippen LogP contribution in [0.3, 0.4) is 0 Å². The molecule has 1 fully saturated rings. The van der Waals surface area contributed by atoms with Gasteiger partial charge < -0.3 is 10.6 Å². The summed E-state index contributed by atoms with van der Waals surface area (Å²) in [7, 11) is 0. The molecule has 0 atom stereocenters. The van der Waals surface area contributed by atoms with Crippen LogP contribution in [-0.2, 0) is 16.0 Å². The quantitative estimate of drug-likeness (QED) is 0.930. The van der Waals surface area contributed by atoms with E-state index in [1.807, 2.05) is 0 Å². The highest BCUT2D eigenvalue weighted by molar-refractivity contribution is 6.42. The first-order valence-corrected chi connectivity index (χ1v) is 7.24. The van der Waals surface area contributed by atoms with Crippen molar-refractivity contribution in [1.82, 2.24) is 4.90 Å². The maximum atomic E-state index is 12.2. The Balaban J connectivity index is 1.92. The molecule has 1 aromatic carbocycles. The van der Waals surface area contributed by atoms with Gasteiger partial charge in [0.1, 0.15) is 0 Å². The summed E-state index contributed by atoms with van der Waals surface area (Å²) in [5.74, 6) is -0.350. The van der Waals surface area contributed by atoms with Crippen LogP contribution < -0.4 is 5.73 Å². The molecule has 0 aromatic heterocycles. The van der Waals surface area contributed by atoms with Crippen LogP contribution >= 0.6 is 23.2 Å². The van der Waals surface area contributed by atoms with Crippen LogP contribution in [0.4, 0.5) is 0 Å². The molecule has 4 nitrogen and oxygen atoms in total. The maximum absolute atomic E-state index is 12.2. The van der Waals surface area contributed by atoms with Crippen LogP contribution in [0.25, 0.3) is 0 Å². The van der Waals surface area contributed by atoms with E-state index in [-0.39, 0.29) is 24.2 Å². The number of halogens is 2. The van der Waals surface area contributed by atoms with E-state index in [1.54, 1.807) is 23.1 Å². The van der Waals surface area contributed by atoms with Gasteiger partial charge in [0.05, 0.1) is 16.5 Å². The molecule has 1 heterocycles. The summed E-state index contributed by atoms with van der Waals surface area (Å²) in [6.45, 7) is 1.15. The van der Waals surface area contributed by atoms with E-state index in [9.17, 15) is 9.59 Å². The molecule has 1 aromatic rings. The maximum Gasteiger partial charge on any atom is 0.226 e. The topological polar surface area (TPSA) is 63.4 Å². The second-order valence-corrected chi connectivity index (χ2v) is 5.80. The minimum atomic E-state index is -0.276. The number of nitrogens with two attached hydrogens (primary N) is 1. The number of hydrogen-bond donors (Lipinski definition) is 1. The Morgan fingerprint density at radius 3 is 2.40 bits per heavy atom. The predicted molar refractivity (Wildman–Crippen MR) is 78.7 cm³/mol. The van der Waals surface area contributed by atoms with Gasteiger partial charge in [-0.25, -0.2) is 0 Å². The van der Waals surface area contributed by atoms with Crippen molar-refractivity contribution in [2.75, 3.05) is 13.1 Å². The molecule has 20 heavy (non-hydrogen) atoms. The highest BCUT2D eigenvalue weighted by Gasteiger charge is 2.25. The van der Waals surface area contributed by atoms with Gasteiger partial charge in [0.15, 0.2) is 0 Å². The van der Waals surface area contributed by atoms with Crippen LogP contribution in [0.1, 0.15) is 18.4 Å². The third-order valence-electron chi connectivity index (χ3n) is 3.59. The van der Waals surface area contributed by atoms with Crippen molar-refractivity contribution in [1.29, 1.82) is 0 Å². The van der Waals surface area contributed by atoms with E-state index in [1.165, 1.54) is 0 Å². The zero-order chi connectivity index (χ0) is 14.7. The molecule has 0 spiro atoms. The van der Waals surface area contributed by atoms with Gasteiger partial charge in [0, 0.05) is 19.0 Å². The number of piperidine rings is 1. The van der Waals surface area contributed by atoms with Gasteiger partial charge in [-0.2, -0.15) is 0 Å². The summed E-state index contributed by atoms with van der Waals surface area (Å²) in [4.78, 5) is 25.0. The first-order valence-electron chi connectivity index (χ1n) is 6.48. The third kappa shape index (κ3) is 3.64. The number of hydrogen-bond acceptors (Lipinski definition) is 2. The molecular weight excluding hydrogens is 299 g/mol. The van der Waals surface area contributed by atoms with Crippen LogP contribution in [-0.4, -0.2) is 29.8 Å². The van der Waals surface area contributed by atoms with Gasteiger partial charge in [-0.05, 0) is 30.5 Å². The Kier molecular flexibility index (Phi) is 4.89. The fourth-order valence-corrected chi connectivity index (χ4v) is 2.67. The highest BCUT2D eigenvalue weighted by atomic mass is 35.5. The number of nitrogens with zero attached hydrogens (tertiary/aromatic N) is 1. The molecule has 2 rings (SSSR count). The zero-order valence-electron chi connectivity index (χ0n) is 10.9. The third-order valence-corrected chi connectivity index (χ3v) is 4.33. The standard InChI is InChI=1S/C14H16Cl2N2O2/c15-11-2-1-9(7-12(11)16)8-13(19)18-5-3-10(4-6-18)14(17)20/h1-2,7,10H,3-6,8H2,(H2,17,20). The Hall–Kier alpha value is -1.26. The van der Waals surface area contributed by atoms with Crippen molar-refractivity contribution in [2.24, 2.45) is 11.7 Å². The highest BCUT2D eigenvalue weighted by Crippen LogP contribution is 2.23. The number of carbonyl (C=O) groups excluding carboxylic acids is 2. The van der Waals surface area contributed by atoms with Gasteiger partial charge in [0.25, 0.3) is 0 Å².